The first-order valence-electron chi connectivity index (χ1n) is 8.33. The van der Waals surface area contributed by atoms with Gasteiger partial charge in [-0.2, -0.15) is 14.5 Å². The number of hydrogen-bond donors (Lipinski definition) is 5. The van der Waals surface area contributed by atoms with Crippen LogP contribution in [0.2, 0.25) is 0 Å². The van der Waals surface area contributed by atoms with E-state index < -0.39 is 48.9 Å². The van der Waals surface area contributed by atoms with Gasteiger partial charge in [0.05, 0.1) is 0 Å². The van der Waals surface area contributed by atoms with Gasteiger partial charge in [0.15, 0.2) is 0 Å². The Morgan fingerprint density at radius 2 is 1.17 bits per heavy atom. The average Bonchev–Trinajstić information content (AvgIpc) is 2.52. The number of carboxylic acids is 2. The van der Waals surface area contributed by atoms with E-state index in [1.165, 1.54) is 0 Å². The van der Waals surface area contributed by atoms with Crippen molar-refractivity contribution in [3.63, 3.8) is 0 Å². The van der Waals surface area contributed by atoms with E-state index in [2.05, 4.69) is 6.07 Å². The fourth-order valence-corrected chi connectivity index (χ4v) is 3.69. The van der Waals surface area contributed by atoms with Gasteiger partial charge < -0.3 is 20.4 Å². The molecule has 1 aromatic rings. The second kappa shape index (κ2) is 9.86. The SMILES string of the molecule is CC(C)(CO)Cc1[c-]c(CC(C)(C)CO)c(C(=O)O)c(S(=O)(=O)O)c1C(=O)O.[Na+]. The van der Waals surface area contributed by atoms with Gasteiger partial charge in [0.1, 0.15) is 0 Å². The zero-order chi connectivity index (χ0) is 22.1. The van der Waals surface area contributed by atoms with Crippen LogP contribution >= 0.6 is 0 Å². The second-order valence-electron chi connectivity index (χ2n) is 8.24. The van der Waals surface area contributed by atoms with Crippen molar-refractivity contribution in [2.45, 2.75) is 45.4 Å². The third kappa shape index (κ3) is 7.02. The quantitative estimate of drug-likeness (QED) is 0.170. The Hall–Kier alpha value is -1.01. The Morgan fingerprint density at radius 1 is 0.862 bits per heavy atom. The van der Waals surface area contributed by atoms with E-state index in [0.717, 1.165) is 0 Å². The molecule has 5 N–H and O–H groups in total. The fourth-order valence-electron chi connectivity index (χ4n) is 2.75. The van der Waals surface area contributed by atoms with Gasteiger partial charge in [0, 0.05) is 18.1 Å². The molecule has 0 radical (unpaired) electrons. The van der Waals surface area contributed by atoms with Gasteiger partial charge >= 0.3 is 29.6 Å². The Balaban J connectivity index is 0.00000784. The molecule has 0 spiro atoms. The summed E-state index contributed by atoms with van der Waals surface area (Å²) < 4.78 is 33.6. The summed E-state index contributed by atoms with van der Waals surface area (Å²) in [5.74, 6) is -3.49. The smallest absolute Gasteiger partial charge is 0.487 e. The number of aliphatic hydroxyl groups is 2. The van der Waals surface area contributed by atoms with Crippen molar-refractivity contribution in [1.82, 2.24) is 0 Å². The average molecular weight is 440 g/mol. The molecular formula is C18H25NaO9S. The van der Waals surface area contributed by atoms with Gasteiger partial charge in [-0.25, -0.2) is 0 Å². The van der Waals surface area contributed by atoms with E-state index >= 15 is 0 Å². The molecule has 158 valence electrons. The van der Waals surface area contributed by atoms with Crippen LogP contribution in [-0.4, -0.2) is 58.5 Å². The summed E-state index contributed by atoms with van der Waals surface area (Å²) in [6.45, 7) is 5.67. The van der Waals surface area contributed by atoms with E-state index in [0.29, 0.717) is 0 Å². The van der Waals surface area contributed by atoms with Gasteiger partial charge in [0.25, 0.3) is 22.1 Å². The summed E-state index contributed by atoms with van der Waals surface area (Å²) in [6, 6.07) is 2.68. The number of aromatic carboxylic acids is 2. The Labute approximate surface area is 191 Å². The summed E-state index contributed by atoms with van der Waals surface area (Å²) in [4.78, 5) is 22.4. The maximum absolute atomic E-state index is 12.0. The van der Waals surface area contributed by atoms with Crippen molar-refractivity contribution in [3.8, 4) is 0 Å². The standard InChI is InChI=1S/C18H25O9S.Na/c1-17(2,8-19)6-10-5-11(7-18(3,4)9-20)13(16(23)24)14(28(25,26)27)12(10)15(21)22;/h19-20H,6-9H2,1-4H3,(H,21,22)(H,23,24)(H,25,26,27);/q-1;+1. The van der Waals surface area contributed by atoms with Gasteiger partial charge in [-0.3, -0.25) is 14.1 Å². The molecule has 0 amide bonds. The summed E-state index contributed by atoms with van der Waals surface area (Å²) >= 11 is 0. The third-order valence-corrected chi connectivity index (χ3v) is 5.14. The molecule has 29 heavy (non-hydrogen) atoms. The second-order valence-corrected chi connectivity index (χ2v) is 9.60. The van der Waals surface area contributed by atoms with Crippen LogP contribution in [0.4, 0.5) is 0 Å². The minimum atomic E-state index is -5.23. The molecule has 0 aliphatic rings. The largest absolute Gasteiger partial charge is 1.00 e. The molecule has 0 saturated carbocycles. The first kappa shape index (κ1) is 28.0. The van der Waals surface area contributed by atoms with E-state index in [1.807, 2.05) is 0 Å². The zero-order valence-electron chi connectivity index (χ0n) is 17.1. The van der Waals surface area contributed by atoms with E-state index in [-0.39, 0.29) is 66.7 Å². The van der Waals surface area contributed by atoms with Crippen molar-refractivity contribution < 1.29 is 72.5 Å². The van der Waals surface area contributed by atoms with E-state index in [9.17, 15) is 43.0 Å². The number of carbonyl (C=O) groups is 2. The number of benzene rings is 1. The predicted octanol–water partition coefficient (Wildman–Crippen LogP) is -1.74. The number of rotatable bonds is 9. The maximum atomic E-state index is 12.0. The first-order chi connectivity index (χ1) is 12.6. The molecule has 0 fully saturated rings. The number of aliphatic hydroxyl groups excluding tert-OH is 2. The molecule has 0 aromatic heterocycles. The number of carboxylic acid groups (broad SMARTS) is 2. The Bertz CT molecular complexity index is 835. The molecule has 1 aromatic carbocycles. The molecule has 1 rings (SSSR count). The zero-order valence-corrected chi connectivity index (χ0v) is 19.9. The van der Waals surface area contributed by atoms with Crippen LogP contribution < -0.4 is 29.6 Å². The molecule has 0 bridgehead atoms. The van der Waals surface area contributed by atoms with E-state index in [4.69, 9.17) is 0 Å². The Morgan fingerprint density at radius 3 is 1.38 bits per heavy atom. The van der Waals surface area contributed by atoms with Gasteiger partial charge in [0.2, 0.25) is 0 Å². The van der Waals surface area contributed by atoms with Crippen LogP contribution in [0.25, 0.3) is 0 Å². The molecule has 0 heterocycles. The van der Waals surface area contributed by atoms with Gasteiger partial charge in [-0.05, 0) is 34.8 Å². The van der Waals surface area contributed by atoms with Gasteiger partial charge in [-0.15, -0.1) is 11.1 Å². The molecule has 11 heteroatoms. The number of hydrogen-bond acceptors (Lipinski definition) is 6. The van der Waals surface area contributed by atoms with Crippen LogP contribution in [0.5, 0.6) is 0 Å². The van der Waals surface area contributed by atoms with Crippen molar-refractivity contribution >= 4 is 22.1 Å². The summed E-state index contributed by atoms with van der Waals surface area (Å²) in [6.07, 6.45) is -0.278. The monoisotopic (exact) mass is 440 g/mol. The topological polar surface area (TPSA) is 169 Å². The summed E-state index contributed by atoms with van der Waals surface area (Å²) in [5, 5.41) is 38.1. The molecule has 9 nitrogen and oxygen atoms in total. The maximum Gasteiger partial charge on any atom is 1.00 e. The molecule has 0 saturated heterocycles. The van der Waals surface area contributed by atoms with Crippen molar-refractivity contribution in [2.75, 3.05) is 13.2 Å². The van der Waals surface area contributed by atoms with Crippen LogP contribution in [-0.2, 0) is 23.0 Å². The molecule has 0 atom stereocenters. The molecule has 0 aliphatic carbocycles. The van der Waals surface area contributed by atoms with Crippen molar-refractivity contribution in [1.29, 1.82) is 0 Å². The van der Waals surface area contributed by atoms with Crippen LogP contribution in [0.3, 0.4) is 0 Å². The fraction of sp³-hybridized carbons (Fsp3) is 0.556. The predicted molar refractivity (Wildman–Crippen MR) is 98.2 cm³/mol. The van der Waals surface area contributed by atoms with Crippen LogP contribution in [0.1, 0.15) is 59.5 Å². The van der Waals surface area contributed by atoms with Gasteiger partial charge in [-0.1, -0.05) is 27.7 Å². The molecule has 0 aliphatic heterocycles. The first-order valence-corrected chi connectivity index (χ1v) is 9.77. The summed E-state index contributed by atoms with van der Waals surface area (Å²) in [5.41, 5.74) is -3.85. The molecule has 0 unspecified atom stereocenters. The van der Waals surface area contributed by atoms with E-state index in [1.54, 1.807) is 27.7 Å². The Kier molecular flexibility index (Phi) is 9.52. The third-order valence-electron chi connectivity index (χ3n) is 4.21. The van der Waals surface area contributed by atoms with Crippen LogP contribution in [0.15, 0.2) is 4.90 Å². The molecular weight excluding hydrogens is 415 g/mol. The summed E-state index contributed by atoms with van der Waals surface area (Å²) in [7, 11) is -5.23. The minimum absolute atomic E-state index is 0. The normalized spacial score (nSPS) is 12.4. The minimum Gasteiger partial charge on any atom is -0.487 e. The van der Waals surface area contributed by atoms with Crippen LogP contribution in [0, 0.1) is 16.9 Å². The van der Waals surface area contributed by atoms with Crippen molar-refractivity contribution in [3.05, 3.63) is 28.3 Å². The van der Waals surface area contributed by atoms with Crippen molar-refractivity contribution in [2.24, 2.45) is 10.8 Å².